The summed E-state index contributed by atoms with van der Waals surface area (Å²) < 4.78 is 0. The Morgan fingerprint density at radius 3 is 0.667 bits per heavy atom. The van der Waals surface area contributed by atoms with Gasteiger partial charge in [0.1, 0.15) is 0 Å². The van der Waals surface area contributed by atoms with Crippen molar-refractivity contribution in [1.29, 1.82) is 0 Å². The SMILES string of the molecule is O=C([O-])CCC(=O)[O-].O=C([O-])CCC(=O)[O-].[Fe+2].[Fe+2]. The second-order valence-corrected chi connectivity index (χ2v) is 2.49. The van der Waals surface area contributed by atoms with E-state index in [2.05, 4.69) is 0 Å². The van der Waals surface area contributed by atoms with Gasteiger partial charge in [0.25, 0.3) is 0 Å². The summed E-state index contributed by atoms with van der Waals surface area (Å²) in [6, 6.07) is 0. The number of carbonyl (C=O) groups is 4. The summed E-state index contributed by atoms with van der Waals surface area (Å²) in [4.78, 5) is 38.0. The fraction of sp³-hybridized carbons (Fsp3) is 0.500. The Kier molecular flexibility index (Phi) is 22.7. The molecule has 0 bridgehead atoms. The van der Waals surface area contributed by atoms with Gasteiger partial charge in [-0.15, -0.1) is 0 Å². The Morgan fingerprint density at radius 1 is 0.500 bits per heavy atom. The van der Waals surface area contributed by atoms with Crippen molar-refractivity contribution in [3.8, 4) is 0 Å². The molecular weight excluding hydrogens is 336 g/mol. The summed E-state index contributed by atoms with van der Waals surface area (Å²) in [6.07, 6.45) is -1.88. The molecule has 0 aliphatic heterocycles. The molecule has 0 N–H and O–H groups in total. The molecule has 0 saturated carbocycles. The first-order valence-electron chi connectivity index (χ1n) is 4.05. The van der Waals surface area contributed by atoms with Crippen molar-refractivity contribution >= 4 is 23.9 Å². The van der Waals surface area contributed by atoms with Crippen LogP contribution in [0.15, 0.2) is 0 Å². The number of aliphatic carboxylic acids is 4. The molecule has 0 rings (SSSR count). The Balaban J connectivity index is -0.0000000980. The maximum atomic E-state index is 9.50. The van der Waals surface area contributed by atoms with Crippen LogP contribution in [0.2, 0.25) is 0 Å². The van der Waals surface area contributed by atoms with Gasteiger partial charge < -0.3 is 39.6 Å². The zero-order valence-corrected chi connectivity index (χ0v) is 11.0. The van der Waals surface area contributed by atoms with Crippen LogP contribution in [0.3, 0.4) is 0 Å². The fourth-order valence-corrected chi connectivity index (χ4v) is 0.408. The van der Waals surface area contributed by atoms with Gasteiger partial charge in [-0.05, 0) is 25.7 Å². The van der Waals surface area contributed by atoms with Crippen molar-refractivity contribution in [2.24, 2.45) is 0 Å². The van der Waals surface area contributed by atoms with Gasteiger partial charge in [-0.3, -0.25) is 0 Å². The minimum absolute atomic E-state index is 0. The van der Waals surface area contributed by atoms with E-state index < -0.39 is 49.6 Å². The summed E-state index contributed by atoms with van der Waals surface area (Å²) in [5, 5.41) is 38.0. The van der Waals surface area contributed by atoms with Crippen LogP contribution in [0.25, 0.3) is 0 Å². The monoisotopic (exact) mass is 344 g/mol. The van der Waals surface area contributed by atoms with Gasteiger partial charge in [0.2, 0.25) is 0 Å². The Morgan fingerprint density at radius 2 is 0.611 bits per heavy atom. The predicted octanol–water partition coefficient (Wildman–Crippen LogP) is -5.47. The van der Waals surface area contributed by atoms with Gasteiger partial charge in [0, 0.05) is 23.9 Å². The molecule has 10 heteroatoms. The van der Waals surface area contributed by atoms with Crippen molar-refractivity contribution < 1.29 is 73.7 Å². The molecule has 0 aliphatic rings. The summed E-state index contributed by atoms with van der Waals surface area (Å²) in [5.74, 6) is -5.47. The van der Waals surface area contributed by atoms with Crippen molar-refractivity contribution in [2.45, 2.75) is 25.7 Å². The molecule has 0 heterocycles. The average Bonchev–Trinajstić information content (AvgIpc) is 2.12. The first kappa shape index (κ1) is 25.7. The van der Waals surface area contributed by atoms with Crippen LogP contribution in [0.1, 0.15) is 25.7 Å². The first-order valence-corrected chi connectivity index (χ1v) is 4.05. The van der Waals surface area contributed by atoms with Crippen molar-refractivity contribution in [3.05, 3.63) is 0 Å². The second-order valence-electron chi connectivity index (χ2n) is 2.49. The molecule has 0 saturated heterocycles. The molecule has 0 fully saturated rings. The van der Waals surface area contributed by atoms with Crippen LogP contribution in [0.4, 0.5) is 0 Å². The fourth-order valence-electron chi connectivity index (χ4n) is 0.408. The summed E-state index contributed by atoms with van der Waals surface area (Å²) in [6.45, 7) is 0. The number of carbonyl (C=O) groups excluding carboxylic acids is 4. The van der Waals surface area contributed by atoms with E-state index in [0.717, 1.165) is 0 Å². The Labute approximate surface area is 123 Å². The molecule has 0 aromatic rings. The van der Waals surface area contributed by atoms with Crippen LogP contribution >= 0.6 is 0 Å². The number of hydrogen-bond donors (Lipinski definition) is 0. The first-order chi connectivity index (χ1) is 7.25. The minimum Gasteiger partial charge on any atom is -0.550 e. The molecule has 0 aliphatic carbocycles. The molecular formula is C8H8Fe2O8. The van der Waals surface area contributed by atoms with Gasteiger partial charge in [0.05, 0.1) is 0 Å². The topological polar surface area (TPSA) is 161 Å². The Bertz CT molecular complexity index is 222. The maximum Gasteiger partial charge on any atom is 2.00 e. The standard InChI is InChI=1S/2C4H6O4.2Fe/c2*5-3(6)1-2-4(7)8;;/h2*1-2H2,(H,5,6)(H,7,8);;/q;;2*+2/p-4. The van der Waals surface area contributed by atoms with Gasteiger partial charge in [-0.25, -0.2) is 0 Å². The van der Waals surface area contributed by atoms with E-state index in [1.807, 2.05) is 0 Å². The third-order valence-corrected chi connectivity index (χ3v) is 1.07. The maximum absolute atomic E-state index is 9.50. The van der Waals surface area contributed by atoms with E-state index in [4.69, 9.17) is 0 Å². The van der Waals surface area contributed by atoms with Crippen LogP contribution in [0, 0.1) is 0 Å². The minimum atomic E-state index is -1.37. The quantitative estimate of drug-likeness (QED) is 0.431. The smallest absolute Gasteiger partial charge is 0.550 e. The predicted molar refractivity (Wildman–Crippen MR) is 38.5 cm³/mol. The van der Waals surface area contributed by atoms with Gasteiger partial charge in [-0.2, -0.15) is 0 Å². The van der Waals surface area contributed by atoms with E-state index in [1.54, 1.807) is 0 Å². The van der Waals surface area contributed by atoms with E-state index >= 15 is 0 Å². The molecule has 0 aromatic carbocycles. The van der Waals surface area contributed by atoms with Gasteiger partial charge >= 0.3 is 34.1 Å². The zero-order chi connectivity index (χ0) is 13.1. The number of hydrogen-bond acceptors (Lipinski definition) is 8. The van der Waals surface area contributed by atoms with E-state index in [1.165, 1.54) is 0 Å². The van der Waals surface area contributed by atoms with Crippen LogP contribution in [-0.2, 0) is 53.3 Å². The van der Waals surface area contributed by atoms with Crippen molar-refractivity contribution in [3.63, 3.8) is 0 Å². The van der Waals surface area contributed by atoms with Crippen molar-refractivity contribution in [2.75, 3.05) is 0 Å². The molecule has 18 heavy (non-hydrogen) atoms. The third-order valence-electron chi connectivity index (χ3n) is 1.07. The van der Waals surface area contributed by atoms with E-state index in [0.29, 0.717) is 0 Å². The number of carboxylic acid groups (broad SMARTS) is 4. The largest absolute Gasteiger partial charge is 2.00 e. The molecule has 104 valence electrons. The summed E-state index contributed by atoms with van der Waals surface area (Å²) in [5.41, 5.74) is 0. The number of rotatable bonds is 6. The third kappa shape index (κ3) is 36.3. The molecule has 0 aromatic heterocycles. The Hall–Kier alpha value is -1.08. The molecule has 0 amide bonds. The van der Waals surface area contributed by atoms with Gasteiger partial charge in [-0.1, -0.05) is 0 Å². The van der Waals surface area contributed by atoms with Gasteiger partial charge in [0.15, 0.2) is 0 Å². The van der Waals surface area contributed by atoms with E-state index in [-0.39, 0.29) is 34.1 Å². The zero-order valence-electron chi connectivity index (χ0n) is 8.80. The summed E-state index contributed by atoms with van der Waals surface area (Å²) >= 11 is 0. The van der Waals surface area contributed by atoms with Crippen LogP contribution in [0.5, 0.6) is 0 Å². The second kappa shape index (κ2) is 15.9. The molecule has 0 unspecified atom stereocenters. The molecule has 8 nitrogen and oxygen atoms in total. The van der Waals surface area contributed by atoms with E-state index in [9.17, 15) is 39.6 Å². The molecule has 0 spiro atoms. The van der Waals surface area contributed by atoms with Crippen LogP contribution in [-0.4, -0.2) is 23.9 Å². The van der Waals surface area contributed by atoms with Crippen molar-refractivity contribution in [1.82, 2.24) is 0 Å². The molecule has 0 atom stereocenters. The number of carboxylic acids is 4. The average molecular weight is 344 g/mol. The summed E-state index contributed by atoms with van der Waals surface area (Å²) in [7, 11) is 0. The van der Waals surface area contributed by atoms with Crippen LogP contribution < -0.4 is 20.4 Å². The normalized spacial score (nSPS) is 7.56. The molecule has 0 radical (unpaired) electrons.